The van der Waals surface area contributed by atoms with Crippen LogP contribution in [0.5, 0.6) is 0 Å². The number of hydrogen-bond donors (Lipinski definition) is 0. The number of nitrogens with zero attached hydrogens (tertiary/aromatic N) is 5. The Morgan fingerprint density at radius 1 is 0.903 bits per heavy atom. The van der Waals surface area contributed by atoms with E-state index in [0.29, 0.717) is 5.91 Å². The number of hydrogen-bond acceptors (Lipinski definition) is 5. The molecule has 1 aliphatic carbocycles. The zero-order chi connectivity index (χ0) is 21.0. The van der Waals surface area contributed by atoms with Gasteiger partial charge in [-0.15, -0.1) is 0 Å². The summed E-state index contributed by atoms with van der Waals surface area (Å²) in [7, 11) is 0. The van der Waals surface area contributed by atoms with Crippen LogP contribution in [0.15, 0.2) is 42.7 Å². The highest BCUT2D eigenvalue weighted by Crippen LogP contribution is 2.35. The van der Waals surface area contributed by atoms with Gasteiger partial charge in [0, 0.05) is 62.8 Å². The average Bonchev–Trinajstić information content (AvgIpc) is 2.85. The lowest BCUT2D eigenvalue weighted by Gasteiger charge is -2.43. The molecule has 1 aromatic carbocycles. The molecule has 2 aromatic rings. The first-order valence-corrected chi connectivity index (χ1v) is 11.9. The zero-order valence-electron chi connectivity index (χ0n) is 18.3. The fourth-order valence-corrected chi connectivity index (χ4v) is 5.51. The Kier molecular flexibility index (Phi) is 6.16. The fourth-order valence-electron chi connectivity index (χ4n) is 5.51. The second kappa shape index (κ2) is 9.35. The molecule has 2 aliphatic heterocycles. The first-order chi connectivity index (χ1) is 15.3. The number of carbonyl (C=O) groups is 1. The van der Waals surface area contributed by atoms with Crippen LogP contribution in [-0.2, 0) is 11.2 Å². The van der Waals surface area contributed by atoms with Gasteiger partial charge in [-0.2, -0.15) is 0 Å². The van der Waals surface area contributed by atoms with Crippen LogP contribution < -0.4 is 9.80 Å². The second-order valence-electron chi connectivity index (χ2n) is 9.20. The van der Waals surface area contributed by atoms with Crippen molar-refractivity contribution in [2.24, 2.45) is 5.92 Å². The van der Waals surface area contributed by atoms with E-state index >= 15 is 0 Å². The highest BCUT2D eigenvalue weighted by molar-refractivity contribution is 5.97. The highest BCUT2D eigenvalue weighted by atomic mass is 16.2. The molecule has 0 radical (unpaired) electrons. The van der Waals surface area contributed by atoms with E-state index in [9.17, 15) is 4.79 Å². The molecule has 3 heterocycles. The maximum absolute atomic E-state index is 13.7. The molecule has 1 saturated carbocycles. The molecule has 0 N–H and O–H groups in total. The van der Waals surface area contributed by atoms with Crippen LogP contribution in [0.1, 0.15) is 44.1 Å². The molecule has 1 amide bonds. The standard InChI is InChI=1S/C25H33N5O/c31-24(21-8-2-1-3-9-21)30-22(12-11-20-7-4-5-10-23(20)30)19-28-15-17-29(18-16-28)25-26-13-6-14-27-25/h4-7,10,13-14,21-22H,1-3,8-9,11-12,15-19H2. The van der Waals surface area contributed by atoms with E-state index in [0.717, 1.165) is 70.0 Å². The summed E-state index contributed by atoms with van der Waals surface area (Å²) in [5, 5.41) is 0. The van der Waals surface area contributed by atoms with E-state index in [1.54, 1.807) is 0 Å². The van der Waals surface area contributed by atoms with Gasteiger partial charge in [0.05, 0.1) is 0 Å². The summed E-state index contributed by atoms with van der Waals surface area (Å²) < 4.78 is 0. The maximum Gasteiger partial charge on any atom is 0.230 e. The number of aromatic nitrogens is 2. The number of benzene rings is 1. The molecule has 5 rings (SSSR count). The smallest absolute Gasteiger partial charge is 0.230 e. The molecular weight excluding hydrogens is 386 g/mol. The van der Waals surface area contributed by atoms with Crippen molar-refractivity contribution in [2.45, 2.75) is 51.0 Å². The molecule has 6 heteroatoms. The number of rotatable bonds is 4. The van der Waals surface area contributed by atoms with Crippen molar-refractivity contribution in [2.75, 3.05) is 42.5 Å². The lowest BCUT2D eigenvalue weighted by molar-refractivity contribution is -0.124. The lowest BCUT2D eigenvalue weighted by Crippen LogP contribution is -2.55. The molecule has 1 atom stereocenters. The van der Waals surface area contributed by atoms with E-state index in [2.05, 4.69) is 48.9 Å². The molecule has 164 valence electrons. The van der Waals surface area contributed by atoms with E-state index in [1.165, 1.54) is 24.8 Å². The molecule has 1 saturated heterocycles. The quantitative estimate of drug-likeness (QED) is 0.759. The van der Waals surface area contributed by atoms with Crippen LogP contribution in [0.2, 0.25) is 0 Å². The van der Waals surface area contributed by atoms with Gasteiger partial charge in [0.2, 0.25) is 11.9 Å². The van der Waals surface area contributed by atoms with Crippen molar-refractivity contribution in [1.29, 1.82) is 0 Å². The summed E-state index contributed by atoms with van der Waals surface area (Å²) in [6.45, 7) is 4.80. The Hall–Kier alpha value is -2.47. The molecule has 3 aliphatic rings. The van der Waals surface area contributed by atoms with Crippen LogP contribution in [0, 0.1) is 5.92 Å². The summed E-state index contributed by atoms with van der Waals surface area (Å²) >= 11 is 0. The van der Waals surface area contributed by atoms with Gasteiger partial charge in [-0.25, -0.2) is 9.97 Å². The van der Waals surface area contributed by atoms with E-state index in [4.69, 9.17) is 0 Å². The van der Waals surface area contributed by atoms with Crippen molar-refractivity contribution in [3.63, 3.8) is 0 Å². The number of aryl methyl sites for hydroxylation is 1. The molecule has 1 unspecified atom stereocenters. The Balaban J connectivity index is 1.29. The minimum atomic E-state index is 0.203. The van der Waals surface area contributed by atoms with Crippen molar-refractivity contribution in [1.82, 2.24) is 14.9 Å². The molecular formula is C25H33N5O. The van der Waals surface area contributed by atoms with Gasteiger partial charge in [0.15, 0.2) is 0 Å². The van der Waals surface area contributed by atoms with Crippen LogP contribution in [0.4, 0.5) is 11.6 Å². The third kappa shape index (κ3) is 4.45. The molecule has 0 spiro atoms. The highest BCUT2D eigenvalue weighted by Gasteiger charge is 2.36. The molecule has 2 fully saturated rings. The SMILES string of the molecule is O=C(C1CCCCC1)N1c2ccccc2CCC1CN1CCN(c2ncccn2)CC1. The molecule has 0 bridgehead atoms. The Bertz CT molecular complexity index is 874. The van der Waals surface area contributed by atoms with Gasteiger partial charge in [0.1, 0.15) is 0 Å². The monoisotopic (exact) mass is 419 g/mol. The molecule has 6 nitrogen and oxygen atoms in total. The zero-order valence-corrected chi connectivity index (χ0v) is 18.3. The van der Waals surface area contributed by atoms with Gasteiger partial charge < -0.3 is 9.80 Å². The van der Waals surface area contributed by atoms with Crippen LogP contribution in [0.25, 0.3) is 0 Å². The first-order valence-electron chi connectivity index (χ1n) is 11.9. The van der Waals surface area contributed by atoms with Gasteiger partial charge in [-0.1, -0.05) is 37.5 Å². The van der Waals surface area contributed by atoms with Crippen LogP contribution in [-0.4, -0.2) is 59.5 Å². The summed E-state index contributed by atoms with van der Waals surface area (Å²) in [5.74, 6) is 1.39. The minimum Gasteiger partial charge on any atom is -0.338 e. The van der Waals surface area contributed by atoms with Gasteiger partial charge in [-0.05, 0) is 43.4 Å². The number of piperazine rings is 1. The Labute approximate surface area is 185 Å². The largest absolute Gasteiger partial charge is 0.338 e. The average molecular weight is 420 g/mol. The van der Waals surface area contributed by atoms with Gasteiger partial charge >= 0.3 is 0 Å². The van der Waals surface area contributed by atoms with Crippen molar-refractivity contribution in [3.05, 3.63) is 48.3 Å². The number of para-hydroxylation sites is 1. The summed E-state index contributed by atoms with van der Waals surface area (Å²) in [4.78, 5) is 29.5. The third-order valence-corrected chi connectivity index (χ3v) is 7.23. The van der Waals surface area contributed by atoms with E-state index in [1.807, 2.05) is 18.5 Å². The Morgan fingerprint density at radius 3 is 2.42 bits per heavy atom. The van der Waals surface area contributed by atoms with E-state index in [-0.39, 0.29) is 12.0 Å². The third-order valence-electron chi connectivity index (χ3n) is 7.23. The fraction of sp³-hybridized carbons (Fsp3) is 0.560. The second-order valence-corrected chi connectivity index (χ2v) is 9.20. The predicted octanol–water partition coefficient (Wildman–Crippen LogP) is 3.53. The van der Waals surface area contributed by atoms with Crippen molar-refractivity contribution >= 4 is 17.5 Å². The normalized spacial score (nSPS) is 22.9. The van der Waals surface area contributed by atoms with Crippen LogP contribution in [0.3, 0.4) is 0 Å². The summed E-state index contributed by atoms with van der Waals surface area (Å²) in [5.41, 5.74) is 2.49. The number of fused-ring (bicyclic) bond motifs is 1. The number of carbonyl (C=O) groups excluding carboxylic acids is 1. The van der Waals surface area contributed by atoms with Crippen LogP contribution >= 0.6 is 0 Å². The van der Waals surface area contributed by atoms with Crippen molar-refractivity contribution in [3.8, 4) is 0 Å². The maximum atomic E-state index is 13.7. The minimum absolute atomic E-state index is 0.203. The molecule has 1 aromatic heterocycles. The van der Waals surface area contributed by atoms with Crippen molar-refractivity contribution < 1.29 is 4.79 Å². The lowest BCUT2D eigenvalue weighted by atomic mass is 9.86. The van der Waals surface area contributed by atoms with Gasteiger partial charge in [-0.3, -0.25) is 9.69 Å². The first kappa shape index (κ1) is 20.4. The van der Waals surface area contributed by atoms with E-state index < -0.39 is 0 Å². The summed E-state index contributed by atoms with van der Waals surface area (Å²) in [6.07, 6.45) is 11.5. The Morgan fingerprint density at radius 2 is 1.65 bits per heavy atom. The van der Waals surface area contributed by atoms with Gasteiger partial charge in [0.25, 0.3) is 0 Å². The number of amides is 1. The summed E-state index contributed by atoms with van der Waals surface area (Å²) in [6, 6.07) is 10.7. The predicted molar refractivity (Wildman–Crippen MR) is 123 cm³/mol. The number of anilines is 2. The topological polar surface area (TPSA) is 52.6 Å². The molecule has 31 heavy (non-hydrogen) atoms.